The van der Waals surface area contributed by atoms with Gasteiger partial charge in [0.2, 0.25) is 0 Å². The predicted molar refractivity (Wildman–Crippen MR) is 98.0 cm³/mol. The van der Waals surface area contributed by atoms with Gasteiger partial charge in [0.15, 0.2) is 9.84 Å². The van der Waals surface area contributed by atoms with Crippen LogP contribution in [0, 0.1) is 0 Å². The molecular weight excluding hydrogens is 354 g/mol. The second-order valence-electron chi connectivity index (χ2n) is 5.66. The summed E-state index contributed by atoms with van der Waals surface area (Å²) in [4.78, 5) is 11.8. The summed E-state index contributed by atoms with van der Waals surface area (Å²) in [6.07, 6.45) is 2.91. The van der Waals surface area contributed by atoms with Crippen LogP contribution in [-0.2, 0) is 15.6 Å². The summed E-state index contributed by atoms with van der Waals surface area (Å²) >= 11 is 0. The minimum atomic E-state index is -3.59. The van der Waals surface area contributed by atoms with Gasteiger partial charge in [-0.05, 0) is 29.8 Å². The van der Waals surface area contributed by atoms with Gasteiger partial charge < -0.3 is 14.8 Å². The van der Waals surface area contributed by atoms with Crippen LogP contribution in [0.2, 0.25) is 0 Å². The van der Waals surface area contributed by atoms with Crippen molar-refractivity contribution >= 4 is 21.5 Å². The summed E-state index contributed by atoms with van der Waals surface area (Å²) in [5.74, 6) is -1.36. The molecule has 1 heterocycles. The van der Waals surface area contributed by atoms with Gasteiger partial charge in [-0.15, -0.1) is 0 Å². The Bertz CT molecular complexity index is 1030. The largest absolute Gasteiger partial charge is 0.478 e. The number of rotatable bonds is 6. The first-order chi connectivity index (χ1) is 12.4. The van der Waals surface area contributed by atoms with Crippen molar-refractivity contribution in [3.8, 4) is 11.1 Å². The van der Waals surface area contributed by atoms with Crippen molar-refractivity contribution in [2.45, 2.75) is 10.6 Å². The van der Waals surface area contributed by atoms with Gasteiger partial charge in [0, 0.05) is 18.2 Å². The summed E-state index contributed by atoms with van der Waals surface area (Å²) in [5.41, 5.74) is 2.00. The van der Waals surface area contributed by atoms with Crippen LogP contribution in [-0.4, -0.2) is 26.5 Å². The fourth-order valence-electron chi connectivity index (χ4n) is 2.86. The standard InChI is InChI=1S/C19H17NO5S/c1-20-18-16(19(21)22)8-7-14(17(18)13-9-10-25-11-13)12-26(23,24)15-5-3-2-4-6-15/h2-11,20H,12H2,1H3,(H,21,22). The molecule has 0 radical (unpaired) electrons. The number of anilines is 1. The number of carboxylic acids is 1. The zero-order chi connectivity index (χ0) is 18.7. The van der Waals surface area contributed by atoms with E-state index in [0.29, 0.717) is 22.4 Å². The third kappa shape index (κ3) is 3.34. The summed E-state index contributed by atoms with van der Waals surface area (Å²) < 4.78 is 30.7. The third-order valence-corrected chi connectivity index (χ3v) is 5.71. The number of carbonyl (C=O) groups is 1. The van der Waals surface area contributed by atoms with Gasteiger partial charge in [-0.1, -0.05) is 24.3 Å². The SMILES string of the molecule is CNc1c(C(=O)O)ccc(CS(=O)(=O)c2ccccc2)c1-c1ccoc1. The molecule has 1 aromatic heterocycles. The molecule has 0 unspecified atom stereocenters. The van der Waals surface area contributed by atoms with Crippen molar-refractivity contribution in [2.75, 3.05) is 12.4 Å². The Kier molecular flexibility index (Phi) is 4.81. The topological polar surface area (TPSA) is 96.6 Å². The zero-order valence-electron chi connectivity index (χ0n) is 14.0. The van der Waals surface area contributed by atoms with Gasteiger partial charge in [0.1, 0.15) is 0 Å². The molecule has 134 valence electrons. The van der Waals surface area contributed by atoms with E-state index in [1.54, 1.807) is 31.3 Å². The number of hydrogen-bond acceptors (Lipinski definition) is 5. The average Bonchev–Trinajstić information content (AvgIpc) is 3.15. The monoisotopic (exact) mass is 371 g/mol. The summed E-state index contributed by atoms with van der Waals surface area (Å²) in [5, 5.41) is 12.3. The van der Waals surface area contributed by atoms with E-state index in [1.165, 1.54) is 36.8 Å². The van der Waals surface area contributed by atoms with Crippen LogP contribution in [0.25, 0.3) is 11.1 Å². The van der Waals surface area contributed by atoms with Crippen LogP contribution in [0.3, 0.4) is 0 Å². The average molecular weight is 371 g/mol. The Balaban J connectivity index is 2.18. The molecular formula is C19H17NO5S. The van der Waals surface area contributed by atoms with Crippen molar-refractivity contribution in [3.63, 3.8) is 0 Å². The second kappa shape index (κ2) is 7.05. The van der Waals surface area contributed by atoms with Gasteiger partial charge in [-0.25, -0.2) is 13.2 Å². The summed E-state index contributed by atoms with van der Waals surface area (Å²) in [6.45, 7) is 0. The van der Waals surface area contributed by atoms with E-state index in [-0.39, 0.29) is 16.2 Å². The van der Waals surface area contributed by atoms with Crippen LogP contribution in [0.4, 0.5) is 5.69 Å². The molecule has 0 saturated carbocycles. The van der Waals surface area contributed by atoms with Crippen molar-refractivity contribution in [1.29, 1.82) is 0 Å². The van der Waals surface area contributed by atoms with E-state index in [0.717, 1.165) is 0 Å². The minimum Gasteiger partial charge on any atom is -0.478 e. The molecule has 2 aromatic carbocycles. The maximum absolute atomic E-state index is 12.8. The van der Waals surface area contributed by atoms with E-state index < -0.39 is 15.8 Å². The lowest BCUT2D eigenvalue weighted by Crippen LogP contribution is -2.10. The van der Waals surface area contributed by atoms with Gasteiger partial charge in [-0.3, -0.25) is 0 Å². The van der Waals surface area contributed by atoms with Gasteiger partial charge in [0.25, 0.3) is 0 Å². The molecule has 2 N–H and O–H groups in total. The fourth-order valence-corrected chi connectivity index (χ4v) is 4.24. The van der Waals surface area contributed by atoms with Crippen molar-refractivity contribution in [3.05, 3.63) is 72.2 Å². The molecule has 0 atom stereocenters. The second-order valence-corrected chi connectivity index (χ2v) is 7.65. The Hall–Kier alpha value is -3.06. The van der Waals surface area contributed by atoms with Crippen molar-refractivity contribution in [1.82, 2.24) is 0 Å². The molecule has 0 fully saturated rings. The highest BCUT2D eigenvalue weighted by atomic mass is 32.2. The highest BCUT2D eigenvalue weighted by Gasteiger charge is 2.23. The molecule has 0 aliphatic rings. The number of benzene rings is 2. The lowest BCUT2D eigenvalue weighted by molar-refractivity contribution is 0.0698. The van der Waals surface area contributed by atoms with Crippen LogP contribution < -0.4 is 5.32 Å². The molecule has 0 amide bonds. The molecule has 0 saturated heterocycles. The highest BCUT2D eigenvalue weighted by molar-refractivity contribution is 7.90. The molecule has 7 heteroatoms. The number of aromatic carboxylic acids is 1. The van der Waals surface area contributed by atoms with E-state index in [2.05, 4.69) is 5.32 Å². The lowest BCUT2D eigenvalue weighted by Gasteiger charge is -2.16. The molecule has 0 aliphatic carbocycles. The maximum Gasteiger partial charge on any atom is 0.337 e. The van der Waals surface area contributed by atoms with E-state index in [1.807, 2.05) is 0 Å². The first-order valence-electron chi connectivity index (χ1n) is 7.81. The third-order valence-electron chi connectivity index (χ3n) is 4.03. The molecule has 0 spiro atoms. The van der Waals surface area contributed by atoms with Crippen LogP contribution in [0.5, 0.6) is 0 Å². The number of furan rings is 1. The Morgan fingerprint density at radius 2 is 1.85 bits per heavy atom. The highest BCUT2D eigenvalue weighted by Crippen LogP contribution is 2.36. The Morgan fingerprint density at radius 1 is 1.12 bits per heavy atom. The van der Waals surface area contributed by atoms with E-state index >= 15 is 0 Å². The molecule has 6 nitrogen and oxygen atoms in total. The van der Waals surface area contributed by atoms with Gasteiger partial charge in [0.05, 0.1) is 34.4 Å². The molecule has 3 rings (SSSR count). The molecule has 0 bridgehead atoms. The van der Waals surface area contributed by atoms with Crippen molar-refractivity contribution in [2.24, 2.45) is 0 Å². The fraction of sp³-hybridized carbons (Fsp3) is 0.105. The van der Waals surface area contributed by atoms with E-state index in [4.69, 9.17) is 4.42 Å². The van der Waals surface area contributed by atoms with Crippen molar-refractivity contribution < 1.29 is 22.7 Å². The Morgan fingerprint density at radius 3 is 2.42 bits per heavy atom. The van der Waals surface area contributed by atoms with Gasteiger partial charge >= 0.3 is 5.97 Å². The molecule has 0 aliphatic heterocycles. The van der Waals surface area contributed by atoms with Crippen LogP contribution in [0.1, 0.15) is 15.9 Å². The molecule has 3 aromatic rings. The zero-order valence-corrected chi connectivity index (χ0v) is 14.8. The molecule has 26 heavy (non-hydrogen) atoms. The van der Waals surface area contributed by atoms with Crippen LogP contribution >= 0.6 is 0 Å². The number of hydrogen-bond donors (Lipinski definition) is 2. The summed E-state index contributed by atoms with van der Waals surface area (Å²) in [6, 6.07) is 12.8. The quantitative estimate of drug-likeness (QED) is 0.686. The normalized spacial score (nSPS) is 11.3. The maximum atomic E-state index is 12.8. The van der Waals surface area contributed by atoms with Gasteiger partial charge in [-0.2, -0.15) is 0 Å². The predicted octanol–water partition coefficient (Wildman–Crippen LogP) is 3.66. The number of carboxylic acid groups (broad SMARTS) is 1. The lowest BCUT2D eigenvalue weighted by atomic mass is 9.97. The number of nitrogens with one attached hydrogen (secondary N) is 1. The number of sulfone groups is 1. The Labute approximate surface area is 151 Å². The summed E-state index contributed by atoms with van der Waals surface area (Å²) in [7, 11) is -1.99. The first kappa shape index (κ1) is 17.8. The smallest absolute Gasteiger partial charge is 0.337 e. The first-order valence-corrected chi connectivity index (χ1v) is 9.46. The van der Waals surface area contributed by atoms with E-state index in [9.17, 15) is 18.3 Å². The van der Waals surface area contributed by atoms with Crippen LogP contribution in [0.15, 0.2) is 70.4 Å². The minimum absolute atomic E-state index is 0.0598.